The van der Waals surface area contributed by atoms with Crippen LogP contribution in [0.25, 0.3) is 0 Å². The summed E-state index contributed by atoms with van der Waals surface area (Å²) in [6, 6.07) is 4.85. The molecular formula is C16H19NO5S. The number of rotatable bonds is 5. The van der Waals surface area contributed by atoms with E-state index in [0.29, 0.717) is 35.7 Å². The van der Waals surface area contributed by atoms with Gasteiger partial charge >= 0.3 is 5.97 Å². The monoisotopic (exact) mass is 337 g/mol. The lowest BCUT2D eigenvalue weighted by atomic mass is 10.1. The van der Waals surface area contributed by atoms with E-state index in [1.807, 2.05) is 0 Å². The second-order valence-corrected chi connectivity index (χ2v) is 6.45. The molecule has 1 heterocycles. The fraction of sp³-hybridized carbons (Fsp3) is 0.438. The van der Waals surface area contributed by atoms with Gasteiger partial charge in [-0.25, -0.2) is 4.79 Å². The van der Waals surface area contributed by atoms with Crippen molar-refractivity contribution in [1.29, 1.82) is 0 Å². The Labute approximate surface area is 139 Å². The van der Waals surface area contributed by atoms with Crippen molar-refractivity contribution in [2.24, 2.45) is 5.92 Å². The Morgan fingerprint density at radius 1 is 1.35 bits per heavy atom. The fourth-order valence-corrected chi connectivity index (χ4v) is 3.20. The van der Waals surface area contributed by atoms with Crippen molar-refractivity contribution in [3.8, 4) is 5.75 Å². The van der Waals surface area contributed by atoms with Crippen LogP contribution < -0.4 is 9.64 Å². The highest BCUT2D eigenvalue weighted by Crippen LogP contribution is 2.34. The maximum atomic E-state index is 12.3. The van der Waals surface area contributed by atoms with Crippen LogP contribution in [-0.4, -0.2) is 43.5 Å². The van der Waals surface area contributed by atoms with Gasteiger partial charge in [-0.1, -0.05) is 11.8 Å². The van der Waals surface area contributed by atoms with Gasteiger partial charge in [0.25, 0.3) is 0 Å². The average molecular weight is 337 g/mol. The van der Waals surface area contributed by atoms with Crippen molar-refractivity contribution in [1.82, 2.24) is 0 Å². The molecule has 1 aliphatic heterocycles. The average Bonchev–Trinajstić information content (AvgIpc) is 2.92. The molecule has 6 nitrogen and oxygen atoms in total. The van der Waals surface area contributed by atoms with Crippen molar-refractivity contribution in [3.05, 3.63) is 23.8 Å². The lowest BCUT2D eigenvalue weighted by Gasteiger charge is -2.20. The molecule has 0 aliphatic carbocycles. The molecule has 7 heteroatoms. The number of nitrogens with zero attached hydrogens (tertiary/aromatic N) is 1. The predicted octanol–water partition coefficient (Wildman–Crippen LogP) is 2.11. The molecule has 124 valence electrons. The number of ether oxygens (including phenoxy) is 2. The summed E-state index contributed by atoms with van der Waals surface area (Å²) in [7, 11) is 2.80. The summed E-state index contributed by atoms with van der Waals surface area (Å²) in [4.78, 5) is 36.6. The maximum Gasteiger partial charge on any atom is 0.337 e. The van der Waals surface area contributed by atoms with Gasteiger partial charge in [0.15, 0.2) is 5.12 Å². The normalized spacial score (nSPS) is 17.3. The molecule has 1 aromatic rings. The number of benzene rings is 1. The van der Waals surface area contributed by atoms with Gasteiger partial charge in [0.1, 0.15) is 5.75 Å². The van der Waals surface area contributed by atoms with Crippen LogP contribution in [0.1, 0.15) is 23.7 Å². The summed E-state index contributed by atoms with van der Waals surface area (Å²) in [5.41, 5.74) is 0.990. The highest BCUT2D eigenvalue weighted by Gasteiger charge is 2.32. The number of anilines is 1. The van der Waals surface area contributed by atoms with Gasteiger partial charge in [-0.05, 0) is 24.1 Å². The van der Waals surface area contributed by atoms with E-state index in [0.717, 1.165) is 0 Å². The van der Waals surface area contributed by atoms with E-state index in [1.54, 1.807) is 23.1 Å². The smallest absolute Gasteiger partial charge is 0.337 e. The largest absolute Gasteiger partial charge is 0.495 e. The van der Waals surface area contributed by atoms with E-state index in [4.69, 9.17) is 4.74 Å². The molecule has 23 heavy (non-hydrogen) atoms. The third kappa shape index (κ3) is 4.04. The molecule has 1 unspecified atom stereocenters. The van der Waals surface area contributed by atoms with E-state index in [2.05, 4.69) is 4.74 Å². The van der Waals surface area contributed by atoms with Crippen LogP contribution in [0.2, 0.25) is 0 Å². The molecular weight excluding hydrogens is 318 g/mol. The van der Waals surface area contributed by atoms with Crippen molar-refractivity contribution >= 4 is 34.4 Å². The van der Waals surface area contributed by atoms with Crippen LogP contribution in [-0.2, 0) is 14.3 Å². The Morgan fingerprint density at radius 2 is 2.09 bits per heavy atom. The molecule has 1 fully saturated rings. The summed E-state index contributed by atoms with van der Waals surface area (Å²) >= 11 is 1.24. The Kier molecular flexibility index (Phi) is 5.65. The molecule has 1 saturated heterocycles. The Balaban J connectivity index is 2.19. The third-order valence-corrected chi connectivity index (χ3v) is 4.66. The lowest BCUT2D eigenvalue weighted by molar-refractivity contribution is -0.117. The first-order chi connectivity index (χ1) is 11.0. The number of thioether (sulfide) groups is 1. The van der Waals surface area contributed by atoms with Crippen molar-refractivity contribution in [2.45, 2.75) is 13.3 Å². The number of carbonyl (C=O) groups excluding carboxylic acids is 3. The molecule has 0 spiro atoms. The molecule has 1 amide bonds. The number of hydrogen-bond acceptors (Lipinski definition) is 6. The molecule has 1 aliphatic rings. The number of carbonyl (C=O) groups is 3. The second kappa shape index (κ2) is 7.50. The molecule has 0 bridgehead atoms. The summed E-state index contributed by atoms with van der Waals surface area (Å²) in [6.45, 7) is 2.06. The van der Waals surface area contributed by atoms with Gasteiger partial charge in [-0.2, -0.15) is 0 Å². The van der Waals surface area contributed by atoms with Crippen LogP contribution in [0.15, 0.2) is 18.2 Å². The van der Waals surface area contributed by atoms with Crippen LogP contribution in [0.4, 0.5) is 5.69 Å². The van der Waals surface area contributed by atoms with Crippen LogP contribution in [0, 0.1) is 5.92 Å². The minimum absolute atomic E-state index is 0.0109. The summed E-state index contributed by atoms with van der Waals surface area (Å²) < 4.78 is 10.00. The van der Waals surface area contributed by atoms with Gasteiger partial charge < -0.3 is 14.4 Å². The zero-order chi connectivity index (χ0) is 17.0. The van der Waals surface area contributed by atoms with E-state index in [1.165, 1.54) is 32.9 Å². The Bertz CT molecular complexity index is 631. The molecule has 1 aromatic carbocycles. The highest BCUT2D eigenvalue weighted by molar-refractivity contribution is 8.13. The SMILES string of the molecule is COC(=O)c1ccc(N2CC(CSC(C)=O)CC2=O)c(OC)c1. The quantitative estimate of drug-likeness (QED) is 0.766. The molecule has 0 saturated carbocycles. The summed E-state index contributed by atoms with van der Waals surface area (Å²) in [6.07, 6.45) is 0.405. The maximum absolute atomic E-state index is 12.3. The first-order valence-electron chi connectivity index (χ1n) is 7.16. The summed E-state index contributed by atoms with van der Waals surface area (Å²) in [5.74, 6) is 0.726. The second-order valence-electron chi connectivity index (χ2n) is 5.26. The molecule has 1 atom stereocenters. The van der Waals surface area contributed by atoms with Crippen LogP contribution >= 0.6 is 11.8 Å². The van der Waals surface area contributed by atoms with E-state index in [9.17, 15) is 14.4 Å². The van der Waals surface area contributed by atoms with Crippen LogP contribution in [0.3, 0.4) is 0 Å². The van der Waals surface area contributed by atoms with Crippen molar-refractivity contribution in [2.75, 3.05) is 31.4 Å². The fourth-order valence-electron chi connectivity index (χ4n) is 2.51. The first kappa shape index (κ1) is 17.3. The standard InChI is InChI=1S/C16H19NO5S/c1-10(18)23-9-11-6-15(19)17(8-11)13-5-4-12(16(20)22-3)7-14(13)21-2/h4-5,7,11H,6,8-9H2,1-3H3. The summed E-state index contributed by atoms with van der Waals surface area (Å²) in [5, 5.41) is 0.0518. The van der Waals surface area contributed by atoms with E-state index < -0.39 is 5.97 Å². The minimum Gasteiger partial charge on any atom is -0.495 e. The highest BCUT2D eigenvalue weighted by atomic mass is 32.2. The topological polar surface area (TPSA) is 72.9 Å². The number of methoxy groups -OCH3 is 2. The third-order valence-electron chi connectivity index (χ3n) is 3.62. The number of esters is 1. The Morgan fingerprint density at radius 3 is 2.70 bits per heavy atom. The number of hydrogen-bond donors (Lipinski definition) is 0. The van der Waals surface area contributed by atoms with E-state index >= 15 is 0 Å². The number of amides is 1. The Hall–Kier alpha value is -2.02. The van der Waals surface area contributed by atoms with Crippen LogP contribution in [0.5, 0.6) is 5.75 Å². The molecule has 0 radical (unpaired) electrons. The zero-order valence-electron chi connectivity index (χ0n) is 13.3. The van der Waals surface area contributed by atoms with Crippen molar-refractivity contribution < 1.29 is 23.9 Å². The van der Waals surface area contributed by atoms with Crippen molar-refractivity contribution in [3.63, 3.8) is 0 Å². The lowest BCUT2D eigenvalue weighted by Crippen LogP contribution is -2.25. The van der Waals surface area contributed by atoms with Gasteiger partial charge in [0, 0.05) is 25.6 Å². The zero-order valence-corrected chi connectivity index (χ0v) is 14.1. The minimum atomic E-state index is -0.460. The first-order valence-corrected chi connectivity index (χ1v) is 8.15. The molecule has 0 aromatic heterocycles. The van der Waals surface area contributed by atoms with Gasteiger partial charge in [0.2, 0.25) is 5.91 Å². The molecule has 2 rings (SSSR count). The van der Waals surface area contributed by atoms with Gasteiger partial charge in [-0.15, -0.1) is 0 Å². The molecule has 0 N–H and O–H groups in total. The van der Waals surface area contributed by atoms with E-state index in [-0.39, 0.29) is 16.9 Å². The van der Waals surface area contributed by atoms with Gasteiger partial charge in [-0.3, -0.25) is 9.59 Å². The van der Waals surface area contributed by atoms with Gasteiger partial charge in [0.05, 0.1) is 25.5 Å². The predicted molar refractivity (Wildman–Crippen MR) is 87.9 cm³/mol.